The topological polar surface area (TPSA) is 29.3 Å². The Hall–Kier alpha value is 0.270. The molecule has 2 aliphatic heterocycles. The van der Waals surface area contributed by atoms with Crippen LogP contribution in [0, 0.1) is 0 Å². The first-order valence-electron chi connectivity index (χ1n) is 4.37. The van der Waals surface area contributed by atoms with Crippen LogP contribution in [0.4, 0.5) is 0 Å². The molecule has 11 heavy (non-hydrogen) atoms. The molecule has 3 heteroatoms. The molecule has 0 aromatic carbocycles. The van der Waals surface area contributed by atoms with E-state index in [1.165, 1.54) is 12.2 Å². The quantitative estimate of drug-likeness (QED) is 0.625. The maximum atomic E-state index is 5.72. The van der Waals surface area contributed by atoms with E-state index in [1.54, 1.807) is 0 Å². The summed E-state index contributed by atoms with van der Waals surface area (Å²) in [4.78, 5) is 2.53. The van der Waals surface area contributed by atoms with Gasteiger partial charge < -0.3 is 5.73 Å². The van der Waals surface area contributed by atoms with E-state index >= 15 is 0 Å². The molecular formula is C8H16N2S. The number of nitrogens with two attached hydrogens (primary N) is 1. The highest BCUT2D eigenvalue weighted by Crippen LogP contribution is 2.31. The van der Waals surface area contributed by atoms with Gasteiger partial charge in [-0.2, -0.15) is 11.8 Å². The predicted molar refractivity (Wildman–Crippen MR) is 49.9 cm³/mol. The molecule has 2 unspecified atom stereocenters. The fourth-order valence-corrected chi connectivity index (χ4v) is 3.15. The molecule has 0 spiro atoms. The van der Waals surface area contributed by atoms with E-state index in [0.717, 1.165) is 24.4 Å². The average Bonchev–Trinajstić information content (AvgIpc) is 2.29. The molecule has 0 bridgehead atoms. The Labute approximate surface area is 72.5 Å². The van der Waals surface area contributed by atoms with Crippen molar-refractivity contribution in [3.05, 3.63) is 0 Å². The lowest BCUT2D eigenvalue weighted by atomic mass is 10.0. The molecule has 2 fully saturated rings. The van der Waals surface area contributed by atoms with Gasteiger partial charge in [-0.1, -0.05) is 6.92 Å². The molecule has 0 aromatic heterocycles. The smallest absolute Gasteiger partial charge is 0.0297 e. The number of rotatable bonds is 1. The molecule has 2 atom stereocenters. The monoisotopic (exact) mass is 172 g/mol. The van der Waals surface area contributed by atoms with Gasteiger partial charge in [-0.15, -0.1) is 0 Å². The molecular weight excluding hydrogens is 156 g/mol. The molecule has 0 aromatic rings. The largest absolute Gasteiger partial charge is 0.325 e. The van der Waals surface area contributed by atoms with E-state index in [9.17, 15) is 0 Å². The van der Waals surface area contributed by atoms with Crippen LogP contribution >= 0.6 is 11.8 Å². The zero-order chi connectivity index (χ0) is 7.84. The number of thioether (sulfide) groups is 1. The van der Waals surface area contributed by atoms with Crippen LogP contribution in [0.1, 0.15) is 13.3 Å². The minimum atomic E-state index is 0.468. The summed E-state index contributed by atoms with van der Waals surface area (Å²) in [5, 5.41) is 0.872. The fraction of sp³-hybridized carbons (Fsp3) is 1.00. The van der Waals surface area contributed by atoms with Gasteiger partial charge in [0.25, 0.3) is 0 Å². The minimum Gasteiger partial charge on any atom is -0.325 e. The van der Waals surface area contributed by atoms with Crippen molar-refractivity contribution in [3.8, 4) is 0 Å². The maximum Gasteiger partial charge on any atom is 0.0297 e. The molecule has 2 aliphatic rings. The second-order valence-corrected chi connectivity index (χ2v) is 5.22. The molecule has 2 N–H and O–H groups in total. The van der Waals surface area contributed by atoms with Crippen LogP contribution in [0.5, 0.6) is 0 Å². The third-order valence-electron chi connectivity index (χ3n) is 2.63. The maximum absolute atomic E-state index is 5.72. The van der Waals surface area contributed by atoms with Crippen molar-refractivity contribution in [2.75, 3.05) is 18.8 Å². The van der Waals surface area contributed by atoms with Crippen LogP contribution in [0.15, 0.2) is 0 Å². The Bertz CT molecular complexity index is 145. The second-order valence-electron chi connectivity index (χ2n) is 3.75. The molecule has 2 heterocycles. The molecule has 2 saturated heterocycles. The van der Waals surface area contributed by atoms with Gasteiger partial charge in [0.05, 0.1) is 0 Å². The van der Waals surface area contributed by atoms with Gasteiger partial charge in [-0.05, 0) is 6.42 Å². The third kappa shape index (κ3) is 1.55. The average molecular weight is 172 g/mol. The lowest BCUT2D eigenvalue weighted by molar-refractivity contribution is 0.105. The van der Waals surface area contributed by atoms with Crippen molar-refractivity contribution in [1.29, 1.82) is 0 Å². The highest BCUT2D eigenvalue weighted by Gasteiger charge is 2.33. The van der Waals surface area contributed by atoms with Crippen molar-refractivity contribution in [3.63, 3.8) is 0 Å². The summed E-state index contributed by atoms with van der Waals surface area (Å²) >= 11 is 2.10. The summed E-state index contributed by atoms with van der Waals surface area (Å²) < 4.78 is 0. The van der Waals surface area contributed by atoms with Gasteiger partial charge in [0.15, 0.2) is 0 Å². The first-order chi connectivity index (χ1) is 5.25. The van der Waals surface area contributed by atoms with Crippen LogP contribution in [0.3, 0.4) is 0 Å². The van der Waals surface area contributed by atoms with E-state index in [0.29, 0.717) is 6.04 Å². The lowest BCUT2D eigenvalue weighted by Gasteiger charge is -2.41. The number of hydrogen-bond donors (Lipinski definition) is 1. The van der Waals surface area contributed by atoms with Gasteiger partial charge in [0.1, 0.15) is 0 Å². The first kappa shape index (κ1) is 7.90. The highest BCUT2D eigenvalue weighted by molar-refractivity contribution is 8.00. The zero-order valence-electron chi connectivity index (χ0n) is 6.99. The Morgan fingerprint density at radius 1 is 1.45 bits per heavy atom. The molecule has 0 radical (unpaired) electrons. The Kier molecular flexibility index (Phi) is 2.12. The summed E-state index contributed by atoms with van der Waals surface area (Å²) in [5.41, 5.74) is 5.72. The number of nitrogens with zero attached hydrogens (tertiary/aromatic N) is 1. The predicted octanol–water partition coefficient (Wildman–Crippen LogP) is 0.523. The van der Waals surface area contributed by atoms with Crippen LogP contribution in [0.25, 0.3) is 0 Å². The normalized spacial score (nSPS) is 40.9. The summed E-state index contributed by atoms with van der Waals surface area (Å²) in [6.07, 6.45) is 1.37. The third-order valence-corrected chi connectivity index (χ3v) is 3.97. The van der Waals surface area contributed by atoms with E-state index in [-0.39, 0.29) is 0 Å². The Morgan fingerprint density at radius 3 is 2.64 bits per heavy atom. The highest BCUT2D eigenvalue weighted by atomic mass is 32.2. The van der Waals surface area contributed by atoms with Gasteiger partial charge in [0, 0.05) is 36.2 Å². The number of hydrogen-bond acceptors (Lipinski definition) is 3. The van der Waals surface area contributed by atoms with Crippen molar-refractivity contribution in [2.45, 2.75) is 30.7 Å². The van der Waals surface area contributed by atoms with Gasteiger partial charge in [0.2, 0.25) is 0 Å². The lowest BCUT2D eigenvalue weighted by Crippen LogP contribution is -2.59. The fourth-order valence-electron chi connectivity index (χ4n) is 1.90. The van der Waals surface area contributed by atoms with Crippen LogP contribution in [0.2, 0.25) is 0 Å². The van der Waals surface area contributed by atoms with Gasteiger partial charge >= 0.3 is 0 Å². The summed E-state index contributed by atoms with van der Waals surface area (Å²) in [5.74, 6) is 1.33. The molecule has 0 aliphatic carbocycles. The summed E-state index contributed by atoms with van der Waals surface area (Å²) in [6, 6.07) is 1.31. The van der Waals surface area contributed by atoms with Crippen molar-refractivity contribution >= 4 is 11.8 Å². The summed E-state index contributed by atoms with van der Waals surface area (Å²) in [7, 11) is 0. The zero-order valence-corrected chi connectivity index (χ0v) is 7.81. The summed E-state index contributed by atoms with van der Waals surface area (Å²) in [6.45, 7) is 4.60. The van der Waals surface area contributed by atoms with Crippen molar-refractivity contribution < 1.29 is 0 Å². The van der Waals surface area contributed by atoms with Crippen LogP contribution in [-0.4, -0.2) is 41.1 Å². The second kappa shape index (κ2) is 2.96. The SMILES string of the molecule is CC1CC(N2CC(N)C2)CS1. The van der Waals surface area contributed by atoms with Crippen molar-refractivity contribution in [1.82, 2.24) is 4.90 Å². The van der Waals surface area contributed by atoms with E-state index in [4.69, 9.17) is 5.73 Å². The minimum absolute atomic E-state index is 0.468. The molecule has 0 amide bonds. The van der Waals surface area contributed by atoms with Gasteiger partial charge in [-0.25, -0.2) is 0 Å². The molecule has 64 valence electrons. The van der Waals surface area contributed by atoms with E-state index in [2.05, 4.69) is 23.6 Å². The Balaban J connectivity index is 1.79. The Morgan fingerprint density at radius 2 is 2.18 bits per heavy atom. The van der Waals surface area contributed by atoms with Crippen LogP contribution < -0.4 is 5.73 Å². The number of likely N-dealkylation sites (tertiary alicyclic amines) is 1. The van der Waals surface area contributed by atoms with Crippen molar-refractivity contribution in [2.24, 2.45) is 5.73 Å². The first-order valence-corrected chi connectivity index (χ1v) is 5.42. The van der Waals surface area contributed by atoms with Crippen LogP contribution in [-0.2, 0) is 0 Å². The molecule has 0 saturated carbocycles. The molecule has 2 nitrogen and oxygen atoms in total. The van der Waals surface area contributed by atoms with Gasteiger partial charge in [-0.3, -0.25) is 4.90 Å². The van der Waals surface area contributed by atoms with E-state index in [1.807, 2.05) is 0 Å². The van der Waals surface area contributed by atoms with E-state index < -0.39 is 0 Å². The molecule has 2 rings (SSSR count). The standard InChI is InChI=1S/C8H16N2S/c1-6-2-8(5-11-6)10-3-7(9)4-10/h6-8H,2-5,9H2,1H3.